The highest BCUT2D eigenvalue weighted by atomic mass is 28.4. The average molecular weight is 256 g/mol. The van der Waals surface area contributed by atoms with Gasteiger partial charge in [0, 0.05) is 6.42 Å². The first-order valence-electron chi connectivity index (χ1n) is 6.76. The van der Waals surface area contributed by atoms with Gasteiger partial charge in [-0.1, -0.05) is 27.7 Å². The highest BCUT2D eigenvalue weighted by Crippen LogP contribution is 2.46. The molecular weight excluding hydrogens is 228 g/mol. The monoisotopic (exact) mass is 256 g/mol. The fourth-order valence-corrected chi connectivity index (χ4v) is 4.17. The van der Waals surface area contributed by atoms with Gasteiger partial charge in [0.05, 0.1) is 5.60 Å². The minimum absolute atomic E-state index is 0.149. The molecule has 100 valence electrons. The van der Waals surface area contributed by atoms with Crippen LogP contribution in [0.15, 0.2) is 0 Å². The molecule has 17 heavy (non-hydrogen) atoms. The first-order chi connectivity index (χ1) is 7.62. The molecule has 0 aromatic carbocycles. The van der Waals surface area contributed by atoms with Crippen molar-refractivity contribution < 1.29 is 9.22 Å². The molecule has 1 saturated carbocycles. The van der Waals surface area contributed by atoms with Gasteiger partial charge in [-0.3, -0.25) is 0 Å². The second-order valence-electron chi connectivity index (χ2n) is 7.26. The van der Waals surface area contributed by atoms with Crippen LogP contribution in [0.1, 0.15) is 53.4 Å². The Kier molecular flexibility index (Phi) is 4.25. The third kappa shape index (κ3) is 3.41. The molecule has 2 atom stereocenters. The fourth-order valence-electron chi connectivity index (χ4n) is 2.51. The largest absolute Gasteiger partial charge is 0.411 e. The van der Waals surface area contributed by atoms with E-state index in [0.717, 1.165) is 19.1 Å². The number of hydrogen-bond donors (Lipinski definition) is 0. The predicted octanol–water partition coefficient (Wildman–Crippen LogP) is 4.16. The second kappa shape index (κ2) is 4.85. The Bertz CT molecular complexity index is 280. The lowest BCUT2D eigenvalue weighted by molar-refractivity contribution is -0.111. The van der Waals surface area contributed by atoms with Crippen molar-refractivity contribution in [2.75, 3.05) is 0 Å². The molecule has 0 radical (unpaired) electrons. The molecule has 1 rings (SSSR count). The summed E-state index contributed by atoms with van der Waals surface area (Å²) >= 11 is 0. The van der Waals surface area contributed by atoms with Crippen LogP contribution >= 0.6 is 0 Å². The number of carbonyl (C=O) groups excluding carboxylic acids is 1. The molecule has 2 nitrogen and oxygen atoms in total. The summed E-state index contributed by atoms with van der Waals surface area (Å²) in [5, 5.41) is 0.217. The molecule has 0 amide bonds. The molecule has 0 N–H and O–H groups in total. The summed E-state index contributed by atoms with van der Waals surface area (Å²) in [5.41, 5.74) is -0.149. The van der Waals surface area contributed by atoms with E-state index in [1.807, 2.05) is 0 Å². The van der Waals surface area contributed by atoms with Gasteiger partial charge in [0.15, 0.2) is 8.32 Å². The molecule has 0 bridgehead atoms. The van der Waals surface area contributed by atoms with Crippen LogP contribution in [-0.2, 0) is 9.22 Å². The van der Waals surface area contributed by atoms with Crippen LogP contribution in [0.2, 0.25) is 18.1 Å². The summed E-state index contributed by atoms with van der Waals surface area (Å²) in [4.78, 5) is 10.9. The van der Waals surface area contributed by atoms with E-state index in [1.165, 1.54) is 6.42 Å². The molecule has 0 spiro atoms. The second-order valence-corrected chi connectivity index (χ2v) is 12.0. The molecule has 0 heterocycles. The molecule has 1 fully saturated rings. The van der Waals surface area contributed by atoms with Gasteiger partial charge in [0.25, 0.3) is 0 Å². The fraction of sp³-hybridized carbons (Fsp3) is 0.929. The quantitative estimate of drug-likeness (QED) is 0.558. The first-order valence-corrected chi connectivity index (χ1v) is 9.66. The topological polar surface area (TPSA) is 26.3 Å². The first kappa shape index (κ1) is 14.9. The van der Waals surface area contributed by atoms with E-state index >= 15 is 0 Å². The van der Waals surface area contributed by atoms with Crippen LogP contribution in [0.5, 0.6) is 0 Å². The van der Waals surface area contributed by atoms with Gasteiger partial charge in [0.1, 0.15) is 6.29 Å². The molecule has 0 aromatic heterocycles. The van der Waals surface area contributed by atoms with E-state index in [2.05, 4.69) is 40.8 Å². The van der Waals surface area contributed by atoms with Crippen molar-refractivity contribution in [3.05, 3.63) is 0 Å². The smallest absolute Gasteiger partial charge is 0.192 e. The minimum atomic E-state index is -1.77. The minimum Gasteiger partial charge on any atom is -0.411 e. The van der Waals surface area contributed by atoms with Gasteiger partial charge in [-0.2, -0.15) is 0 Å². The van der Waals surface area contributed by atoms with Crippen LogP contribution in [0.4, 0.5) is 0 Å². The summed E-state index contributed by atoms with van der Waals surface area (Å²) < 4.78 is 6.57. The zero-order valence-corrected chi connectivity index (χ0v) is 13.3. The van der Waals surface area contributed by atoms with E-state index in [0.29, 0.717) is 12.3 Å². The molecule has 0 aromatic rings. The van der Waals surface area contributed by atoms with E-state index in [1.54, 1.807) is 0 Å². The lowest BCUT2D eigenvalue weighted by atomic mass is 9.98. The molecular formula is C14H28O2Si. The summed E-state index contributed by atoms with van der Waals surface area (Å²) in [7, 11) is -1.77. The molecule has 0 saturated heterocycles. The summed E-state index contributed by atoms with van der Waals surface area (Å²) in [6, 6.07) is 0. The van der Waals surface area contributed by atoms with E-state index in [-0.39, 0.29) is 10.6 Å². The summed E-state index contributed by atoms with van der Waals surface area (Å²) in [5.74, 6) is 0.694. The van der Waals surface area contributed by atoms with E-state index in [4.69, 9.17) is 4.43 Å². The highest BCUT2D eigenvalue weighted by molar-refractivity contribution is 6.74. The molecule has 1 aliphatic rings. The van der Waals surface area contributed by atoms with Gasteiger partial charge in [-0.25, -0.2) is 0 Å². The maximum absolute atomic E-state index is 10.9. The van der Waals surface area contributed by atoms with Crippen LogP contribution in [0.25, 0.3) is 0 Å². The number of carbonyl (C=O) groups is 1. The molecule has 3 heteroatoms. The lowest BCUT2D eigenvalue weighted by Crippen LogP contribution is -2.49. The normalized spacial score (nSPS) is 30.6. The lowest BCUT2D eigenvalue weighted by Gasteiger charge is -2.44. The number of aldehydes is 1. The van der Waals surface area contributed by atoms with E-state index < -0.39 is 8.32 Å². The zero-order valence-electron chi connectivity index (χ0n) is 12.3. The van der Waals surface area contributed by atoms with Crippen molar-refractivity contribution in [1.29, 1.82) is 0 Å². The van der Waals surface area contributed by atoms with Crippen LogP contribution in [0, 0.1) is 5.92 Å². The van der Waals surface area contributed by atoms with Crippen molar-refractivity contribution in [3.8, 4) is 0 Å². The Morgan fingerprint density at radius 1 is 1.41 bits per heavy atom. The maximum Gasteiger partial charge on any atom is 0.192 e. The van der Waals surface area contributed by atoms with Crippen molar-refractivity contribution in [2.24, 2.45) is 5.92 Å². The highest BCUT2D eigenvalue weighted by Gasteiger charge is 2.47. The molecule has 0 aliphatic heterocycles. The van der Waals surface area contributed by atoms with Gasteiger partial charge >= 0.3 is 0 Å². The van der Waals surface area contributed by atoms with Crippen LogP contribution in [0.3, 0.4) is 0 Å². The Morgan fingerprint density at radius 3 is 2.35 bits per heavy atom. The average Bonchev–Trinajstić information content (AvgIpc) is 2.45. The Balaban J connectivity index is 2.84. The van der Waals surface area contributed by atoms with Crippen molar-refractivity contribution in [2.45, 2.75) is 77.1 Å². The Labute approximate surface area is 107 Å². The van der Waals surface area contributed by atoms with Gasteiger partial charge < -0.3 is 9.22 Å². The van der Waals surface area contributed by atoms with E-state index in [9.17, 15) is 4.79 Å². The summed E-state index contributed by atoms with van der Waals surface area (Å²) in [6.45, 7) is 13.6. The van der Waals surface area contributed by atoms with Gasteiger partial charge in [-0.05, 0) is 43.3 Å². The van der Waals surface area contributed by atoms with Crippen LogP contribution in [-0.4, -0.2) is 20.2 Å². The molecule has 0 unspecified atom stereocenters. The molecule has 1 aliphatic carbocycles. The SMILES string of the molecule is C[C@H]1CC[C@](CC=O)(O[Si](C)(C)C(C)(C)C)C1. The third-order valence-electron chi connectivity index (χ3n) is 4.55. The third-order valence-corrected chi connectivity index (χ3v) is 9.10. The summed E-state index contributed by atoms with van der Waals surface area (Å²) in [6.07, 6.45) is 4.93. The number of rotatable bonds is 4. The van der Waals surface area contributed by atoms with Gasteiger partial charge in [0.2, 0.25) is 0 Å². The predicted molar refractivity (Wildman–Crippen MR) is 74.7 cm³/mol. The maximum atomic E-state index is 10.9. The van der Waals surface area contributed by atoms with Gasteiger partial charge in [-0.15, -0.1) is 0 Å². The number of hydrogen-bond acceptors (Lipinski definition) is 2. The van der Waals surface area contributed by atoms with Crippen molar-refractivity contribution in [1.82, 2.24) is 0 Å². The van der Waals surface area contributed by atoms with Crippen molar-refractivity contribution in [3.63, 3.8) is 0 Å². The standard InChI is InChI=1S/C14H28O2Si/c1-12-7-8-14(11-12,9-10-15)16-17(5,6)13(2,3)4/h10,12H,7-9,11H2,1-6H3/t12-,14+/m0/s1. The Morgan fingerprint density at radius 2 is 2.00 bits per heavy atom. The van der Waals surface area contributed by atoms with Crippen molar-refractivity contribution >= 4 is 14.6 Å². The zero-order chi connectivity index (χ0) is 13.3. The van der Waals surface area contributed by atoms with Crippen LogP contribution < -0.4 is 0 Å². The Hall–Kier alpha value is -0.153.